The minimum absolute atomic E-state index is 0.0231. The van der Waals surface area contributed by atoms with Crippen LogP contribution in [-0.4, -0.2) is 16.9 Å². The first-order chi connectivity index (χ1) is 10.9. The second-order valence-electron chi connectivity index (χ2n) is 4.75. The lowest BCUT2D eigenvalue weighted by atomic mass is 10.2. The first kappa shape index (κ1) is 16.5. The highest BCUT2D eigenvalue weighted by molar-refractivity contribution is 7.14. The molecule has 1 aromatic heterocycles. The van der Waals surface area contributed by atoms with Crippen molar-refractivity contribution in [2.75, 3.05) is 5.32 Å². The zero-order chi connectivity index (χ0) is 17.0. The van der Waals surface area contributed by atoms with E-state index in [0.29, 0.717) is 10.6 Å². The molecule has 0 fully saturated rings. The van der Waals surface area contributed by atoms with Crippen molar-refractivity contribution in [2.45, 2.75) is 20.0 Å². The van der Waals surface area contributed by atoms with Crippen LogP contribution in [0.3, 0.4) is 0 Å². The number of amides is 1. The third-order valence-electron chi connectivity index (χ3n) is 3.01. The zero-order valence-electron chi connectivity index (χ0n) is 12.4. The fraction of sp³-hybridized carbons (Fsp3) is 0.200. The first-order valence-corrected chi connectivity index (χ1v) is 7.50. The van der Waals surface area contributed by atoms with Gasteiger partial charge in [-0.15, -0.1) is 11.3 Å². The smallest absolute Gasteiger partial charge is 0.311 e. The average molecular weight is 331 g/mol. The topological polar surface area (TPSA) is 105 Å². The molecule has 0 aliphatic heterocycles. The Balaban J connectivity index is 2.13. The van der Waals surface area contributed by atoms with E-state index in [0.717, 1.165) is 5.56 Å². The number of carbonyl (C=O) groups is 1. The van der Waals surface area contributed by atoms with Gasteiger partial charge in [-0.1, -0.05) is 6.07 Å². The first-order valence-electron chi connectivity index (χ1n) is 6.62. The second-order valence-corrected chi connectivity index (χ2v) is 5.67. The van der Waals surface area contributed by atoms with Gasteiger partial charge in [0.1, 0.15) is 11.1 Å². The Morgan fingerprint density at radius 2 is 2.22 bits per heavy atom. The number of nitriles is 1. The van der Waals surface area contributed by atoms with Crippen molar-refractivity contribution in [1.82, 2.24) is 0 Å². The number of rotatable bonds is 5. The standard InChI is InChI=1S/C15H13N3O4S/c1-9-3-4-13(12(7-9)18(20)21)22-10(2)14(19)17-15-11(8-16)5-6-23-15/h3-7,10H,1-2H3,(H,17,19)/t10-/m1/s1. The van der Waals surface area contributed by atoms with Gasteiger partial charge in [-0.25, -0.2) is 0 Å². The quantitative estimate of drug-likeness (QED) is 0.669. The number of thiophene rings is 1. The fourth-order valence-corrected chi connectivity index (χ4v) is 2.56. The molecule has 0 spiro atoms. The molecule has 23 heavy (non-hydrogen) atoms. The van der Waals surface area contributed by atoms with Crippen molar-refractivity contribution in [3.8, 4) is 11.8 Å². The number of hydrogen-bond donors (Lipinski definition) is 1. The molecule has 0 saturated carbocycles. The van der Waals surface area contributed by atoms with Crippen LogP contribution in [0.15, 0.2) is 29.6 Å². The highest BCUT2D eigenvalue weighted by atomic mass is 32.1. The van der Waals surface area contributed by atoms with E-state index in [-0.39, 0.29) is 11.4 Å². The Hall–Kier alpha value is -2.92. The summed E-state index contributed by atoms with van der Waals surface area (Å²) in [6.45, 7) is 3.21. The lowest BCUT2D eigenvalue weighted by molar-refractivity contribution is -0.386. The molecule has 8 heteroatoms. The largest absolute Gasteiger partial charge is 0.474 e. The van der Waals surface area contributed by atoms with Gasteiger partial charge in [-0.3, -0.25) is 14.9 Å². The van der Waals surface area contributed by atoms with Gasteiger partial charge in [-0.2, -0.15) is 5.26 Å². The molecule has 1 atom stereocenters. The molecule has 1 aromatic carbocycles. The summed E-state index contributed by atoms with van der Waals surface area (Å²) < 4.78 is 5.41. The number of nitrogens with zero attached hydrogens (tertiary/aromatic N) is 2. The van der Waals surface area contributed by atoms with E-state index in [9.17, 15) is 14.9 Å². The molecule has 0 saturated heterocycles. The number of anilines is 1. The molecular weight excluding hydrogens is 318 g/mol. The highest BCUT2D eigenvalue weighted by Gasteiger charge is 2.22. The molecule has 1 N–H and O–H groups in total. The predicted octanol–water partition coefficient (Wildman–Crippen LogP) is 3.24. The number of hydrogen-bond acceptors (Lipinski definition) is 6. The molecule has 0 aliphatic carbocycles. The molecule has 1 amide bonds. The van der Waals surface area contributed by atoms with Gasteiger partial charge in [0.05, 0.1) is 10.5 Å². The highest BCUT2D eigenvalue weighted by Crippen LogP contribution is 2.29. The number of benzene rings is 1. The number of nitro groups is 1. The number of ether oxygens (including phenoxy) is 1. The SMILES string of the molecule is Cc1ccc(O[C@H](C)C(=O)Nc2sccc2C#N)c([N+](=O)[O-])c1. The summed E-state index contributed by atoms with van der Waals surface area (Å²) in [5.74, 6) is -0.464. The van der Waals surface area contributed by atoms with E-state index >= 15 is 0 Å². The van der Waals surface area contributed by atoms with Crippen molar-refractivity contribution in [3.63, 3.8) is 0 Å². The normalized spacial score (nSPS) is 11.3. The van der Waals surface area contributed by atoms with Crippen LogP contribution in [0.4, 0.5) is 10.7 Å². The molecule has 118 valence electrons. The van der Waals surface area contributed by atoms with Crippen molar-refractivity contribution >= 4 is 27.9 Å². The fourth-order valence-electron chi connectivity index (χ4n) is 1.82. The van der Waals surface area contributed by atoms with Crippen molar-refractivity contribution in [2.24, 2.45) is 0 Å². The Morgan fingerprint density at radius 3 is 2.87 bits per heavy atom. The van der Waals surface area contributed by atoms with E-state index in [4.69, 9.17) is 10.00 Å². The summed E-state index contributed by atoms with van der Waals surface area (Å²) in [6.07, 6.45) is -0.954. The number of nitrogens with one attached hydrogen (secondary N) is 1. The van der Waals surface area contributed by atoms with E-state index < -0.39 is 16.9 Å². The summed E-state index contributed by atoms with van der Waals surface area (Å²) >= 11 is 1.22. The molecule has 0 bridgehead atoms. The summed E-state index contributed by atoms with van der Waals surface area (Å²) in [5.41, 5.74) is 0.883. The van der Waals surface area contributed by atoms with Crippen LogP contribution in [0.5, 0.6) is 5.75 Å². The summed E-state index contributed by atoms with van der Waals surface area (Å²) in [7, 11) is 0. The molecule has 7 nitrogen and oxygen atoms in total. The molecule has 2 rings (SSSR count). The molecule has 0 radical (unpaired) electrons. The van der Waals surface area contributed by atoms with Crippen molar-refractivity contribution < 1.29 is 14.5 Å². The summed E-state index contributed by atoms with van der Waals surface area (Å²) in [4.78, 5) is 22.6. The number of carbonyl (C=O) groups excluding carboxylic acids is 1. The summed E-state index contributed by atoms with van der Waals surface area (Å²) in [5, 5.41) is 24.7. The van der Waals surface area contributed by atoms with E-state index in [2.05, 4.69) is 5.32 Å². The number of aryl methyl sites for hydroxylation is 1. The van der Waals surface area contributed by atoms with E-state index in [1.807, 2.05) is 6.07 Å². The maximum absolute atomic E-state index is 12.1. The predicted molar refractivity (Wildman–Crippen MR) is 85.6 cm³/mol. The zero-order valence-corrected chi connectivity index (χ0v) is 13.2. The minimum Gasteiger partial charge on any atom is -0.474 e. The maximum atomic E-state index is 12.1. The van der Waals surface area contributed by atoms with Gasteiger partial charge in [-0.05, 0) is 36.9 Å². The number of nitro benzene ring substituents is 1. The second kappa shape index (κ2) is 6.89. The monoisotopic (exact) mass is 331 g/mol. The van der Waals surface area contributed by atoms with Crippen LogP contribution in [0.25, 0.3) is 0 Å². The third kappa shape index (κ3) is 3.84. The Bertz CT molecular complexity index is 794. The summed E-state index contributed by atoms with van der Waals surface area (Å²) in [6, 6.07) is 8.07. The van der Waals surface area contributed by atoms with Gasteiger partial charge < -0.3 is 10.1 Å². The van der Waals surface area contributed by atoms with Crippen LogP contribution in [0.2, 0.25) is 0 Å². The Morgan fingerprint density at radius 1 is 1.48 bits per heavy atom. The average Bonchev–Trinajstić information content (AvgIpc) is 2.95. The minimum atomic E-state index is -0.954. The van der Waals surface area contributed by atoms with Gasteiger partial charge in [0.15, 0.2) is 11.9 Å². The molecule has 1 heterocycles. The third-order valence-corrected chi connectivity index (χ3v) is 3.84. The molecule has 2 aromatic rings. The van der Waals surface area contributed by atoms with Crippen LogP contribution in [0.1, 0.15) is 18.1 Å². The van der Waals surface area contributed by atoms with Crippen LogP contribution in [0, 0.1) is 28.4 Å². The van der Waals surface area contributed by atoms with Crippen LogP contribution in [-0.2, 0) is 4.79 Å². The van der Waals surface area contributed by atoms with Gasteiger partial charge in [0, 0.05) is 6.07 Å². The van der Waals surface area contributed by atoms with Gasteiger partial charge >= 0.3 is 5.69 Å². The molecule has 0 aliphatic rings. The van der Waals surface area contributed by atoms with Gasteiger partial charge in [0.25, 0.3) is 5.91 Å². The lowest BCUT2D eigenvalue weighted by Crippen LogP contribution is -2.30. The molecule has 0 unspecified atom stereocenters. The van der Waals surface area contributed by atoms with Crippen LogP contribution >= 0.6 is 11.3 Å². The van der Waals surface area contributed by atoms with E-state index in [1.54, 1.807) is 24.4 Å². The molecular formula is C15H13N3O4S. The van der Waals surface area contributed by atoms with Gasteiger partial charge in [0.2, 0.25) is 0 Å². The lowest BCUT2D eigenvalue weighted by Gasteiger charge is -2.14. The van der Waals surface area contributed by atoms with Crippen molar-refractivity contribution in [3.05, 3.63) is 50.9 Å². The Labute approximate surface area is 136 Å². The Kier molecular flexibility index (Phi) is 4.93. The van der Waals surface area contributed by atoms with Crippen LogP contribution < -0.4 is 10.1 Å². The maximum Gasteiger partial charge on any atom is 0.311 e. The van der Waals surface area contributed by atoms with Crippen molar-refractivity contribution in [1.29, 1.82) is 5.26 Å². The van der Waals surface area contributed by atoms with E-state index in [1.165, 1.54) is 30.4 Å².